The molecule has 1 aliphatic rings. The fourth-order valence-corrected chi connectivity index (χ4v) is 2.19. The quantitative estimate of drug-likeness (QED) is 0.867. The average molecular weight is 284 g/mol. The van der Waals surface area contributed by atoms with E-state index >= 15 is 0 Å². The van der Waals surface area contributed by atoms with E-state index in [0.29, 0.717) is 13.2 Å². The van der Waals surface area contributed by atoms with Crippen molar-refractivity contribution in [3.63, 3.8) is 0 Å². The van der Waals surface area contributed by atoms with E-state index in [0.717, 1.165) is 18.2 Å². The molecule has 0 unspecified atom stereocenters. The molecule has 110 valence electrons. The molecule has 1 fully saturated rings. The maximum absolute atomic E-state index is 13.4. The van der Waals surface area contributed by atoms with Gasteiger partial charge >= 0.3 is 0 Å². The second kappa shape index (κ2) is 6.76. The van der Waals surface area contributed by atoms with Gasteiger partial charge in [-0.05, 0) is 37.1 Å². The number of amides is 1. The molecule has 1 amide bonds. The average Bonchev–Trinajstić information content (AvgIpc) is 2.43. The molecule has 0 spiro atoms. The van der Waals surface area contributed by atoms with Crippen LogP contribution in [0, 0.1) is 11.6 Å². The van der Waals surface area contributed by atoms with Gasteiger partial charge in [-0.1, -0.05) is 0 Å². The summed E-state index contributed by atoms with van der Waals surface area (Å²) in [6.07, 6.45) is 0.0479. The lowest BCUT2D eigenvalue weighted by atomic mass is 10.1. The zero-order valence-corrected chi connectivity index (χ0v) is 11.3. The maximum atomic E-state index is 13.4. The topological polar surface area (TPSA) is 50.4 Å². The van der Waals surface area contributed by atoms with Crippen LogP contribution in [-0.4, -0.2) is 37.7 Å². The molecular weight excluding hydrogens is 266 g/mol. The molecule has 4 nitrogen and oxygen atoms in total. The standard InChI is InChI=1S/C14H18F2N2O2/c1-9-13(17-6-7-20-9)14(19)18-5-4-10-8-11(15)2-3-12(10)16/h2-3,8-9,13,17H,4-7H2,1H3,(H,18,19)/t9-,13+/m1/s1. The van der Waals surface area contributed by atoms with Crippen molar-refractivity contribution in [2.75, 3.05) is 19.7 Å². The summed E-state index contributed by atoms with van der Waals surface area (Å²) in [4.78, 5) is 11.9. The smallest absolute Gasteiger partial charge is 0.239 e. The second-order valence-corrected chi connectivity index (χ2v) is 4.78. The van der Waals surface area contributed by atoms with Crippen molar-refractivity contribution in [2.24, 2.45) is 0 Å². The Bertz CT molecular complexity index is 482. The van der Waals surface area contributed by atoms with Crippen molar-refractivity contribution in [3.05, 3.63) is 35.4 Å². The molecule has 0 aromatic heterocycles. The number of hydrogen-bond donors (Lipinski definition) is 2. The summed E-state index contributed by atoms with van der Waals surface area (Å²) in [5, 5.41) is 5.77. The normalized spacial score (nSPS) is 22.6. The SMILES string of the molecule is C[C@H]1OCCN[C@@H]1C(=O)NCCc1cc(F)ccc1F. The van der Waals surface area contributed by atoms with Crippen LogP contribution in [-0.2, 0) is 16.0 Å². The molecule has 6 heteroatoms. The van der Waals surface area contributed by atoms with Crippen LogP contribution in [0.3, 0.4) is 0 Å². The fraction of sp³-hybridized carbons (Fsp3) is 0.500. The number of halogens is 2. The van der Waals surface area contributed by atoms with Gasteiger partial charge in [-0.2, -0.15) is 0 Å². The van der Waals surface area contributed by atoms with Crippen LogP contribution >= 0.6 is 0 Å². The molecule has 1 aromatic carbocycles. The Morgan fingerprint density at radius 1 is 1.50 bits per heavy atom. The van der Waals surface area contributed by atoms with Crippen LogP contribution in [0.1, 0.15) is 12.5 Å². The first kappa shape index (κ1) is 14.9. The van der Waals surface area contributed by atoms with Gasteiger partial charge in [0.15, 0.2) is 0 Å². The number of ether oxygens (including phenoxy) is 1. The summed E-state index contributed by atoms with van der Waals surface area (Å²) in [5.41, 5.74) is 0.256. The lowest BCUT2D eigenvalue weighted by Gasteiger charge is -2.29. The van der Waals surface area contributed by atoms with E-state index in [1.54, 1.807) is 0 Å². The third-order valence-electron chi connectivity index (χ3n) is 3.30. The second-order valence-electron chi connectivity index (χ2n) is 4.78. The van der Waals surface area contributed by atoms with E-state index < -0.39 is 17.7 Å². The minimum Gasteiger partial charge on any atom is -0.375 e. The van der Waals surface area contributed by atoms with E-state index in [1.165, 1.54) is 0 Å². The summed E-state index contributed by atoms with van der Waals surface area (Å²) in [6, 6.07) is 2.90. The van der Waals surface area contributed by atoms with E-state index in [1.807, 2.05) is 6.92 Å². The Hall–Kier alpha value is -1.53. The summed E-state index contributed by atoms with van der Waals surface area (Å²) in [7, 11) is 0. The molecule has 0 saturated carbocycles. The van der Waals surface area contributed by atoms with Gasteiger partial charge in [-0.25, -0.2) is 8.78 Å². The Morgan fingerprint density at radius 3 is 3.05 bits per heavy atom. The molecule has 2 atom stereocenters. The van der Waals surface area contributed by atoms with Crippen LogP contribution in [0.15, 0.2) is 18.2 Å². The molecule has 0 bridgehead atoms. The van der Waals surface area contributed by atoms with Crippen molar-refractivity contribution in [2.45, 2.75) is 25.5 Å². The Morgan fingerprint density at radius 2 is 2.30 bits per heavy atom. The zero-order valence-electron chi connectivity index (χ0n) is 11.3. The minimum absolute atomic E-state index is 0.186. The van der Waals surface area contributed by atoms with Crippen molar-refractivity contribution >= 4 is 5.91 Å². The lowest BCUT2D eigenvalue weighted by Crippen LogP contribution is -2.55. The van der Waals surface area contributed by atoms with Gasteiger partial charge in [0.05, 0.1) is 12.7 Å². The van der Waals surface area contributed by atoms with Crippen LogP contribution in [0.25, 0.3) is 0 Å². The van der Waals surface area contributed by atoms with E-state index in [4.69, 9.17) is 4.74 Å². The Balaban J connectivity index is 1.83. The first-order chi connectivity index (χ1) is 9.58. The van der Waals surface area contributed by atoms with Gasteiger partial charge in [0.1, 0.15) is 17.7 Å². The summed E-state index contributed by atoms with van der Waals surface area (Å²) >= 11 is 0. The zero-order chi connectivity index (χ0) is 14.5. The molecule has 0 aliphatic carbocycles. The van der Waals surface area contributed by atoms with Crippen LogP contribution < -0.4 is 10.6 Å². The van der Waals surface area contributed by atoms with E-state index in [-0.39, 0.29) is 30.5 Å². The molecule has 2 N–H and O–H groups in total. The number of morpholine rings is 1. The molecule has 1 aromatic rings. The van der Waals surface area contributed by atoms with Crippen LogP contribution in [0.4, 0.5) is 8.78 Å². The fourth-order valence-electron chi connectivity index (χ4n) is 2.19. The summed E-state index contributed by atoms with van der Waals surface area (Å²) in [6.45, 7) is 3.28. The van der Waals surface area contributed by atoms with Crippen LogP contribution in [0.5, 0.6) is 0 Å². The molecule has 0 radical (unpaired) electrons. The first-order valence-electron chi connectivity index (χ1n) is 6.64. The van der Waals surface area contributed by atoms with Crippen molar-refractivity contribution in [1.82, 2.24) is 10.6 Å². The molecule has 20 heavy (non-hydrogen) atoms. The molecule has 1 saturated heterocycles. The molecule has 1 aliphatic heterocycles. The number of nitrogens with one attached hydrogen (secondary N) is 2. The van der Waals surface area contributed by atoms with E-state index in [9.17, 15) is 13.6 Å². The highest BCUT2D eigenvalue weighted by molar-refractivity contribution is 5.82. The lowest BCUT2D eigenvalue weighted by molar-refractivity contribution is -0.128. The first-order valence-corrected chi connectivity index (χ1v) is 6.64. The maximum Gasteiger partial charge on any atom is 0.239 e. The Labute approximate surface area is 116 Å². The monoisotopic (exact) mass is 284 g/mol. The van der Waals surface area contributed by atoms with Gasteiger partial charge in [0, 0.05) is 13.1 Å². The van der Waals surface area contributed by atoms with Crippen molar-refractivity contribution in [1.29, 1.82) is 0 Å². The highest BCUT2D eigenvalue weighted by Gasteiger charge is 2.27. The summed E-state index contributed by atoms with van der Waals surface area (Å²) < 4.78 is 31.8. The van der Waals surface area contributed by atoms with Crippen LogP contribution in [0.2, 0.25) is 0 Å². The third-order valence-corrected chi connectivity index (χ3v) is 3.30. The van der Waals surface area contributed by atoms with Gasteiger partial charge in [0.25, 0.3) is 0 Å². The highest BCUT2D eigenvalue weighted by Crippen LogP contribution is 2.10. The van der Waals surface area contributed by atoms with Crippen molar-refractivity contribution in [3.8, 4) is 0 Å². The highest BCUT2D eigenvalue weighted by atomic mass is 19.1. The predicted octanol–water partition coefficient (Wildman–Crippen LogP) is 1.00. The van der Waals surface area contributed by atoms with E-state index in [2.05, 4.69) is 10.6 Å². The largest absolute Gasteiger partial charge is 0.375 e. The van der Waals surface area contributed by atoms with Gasteiger partial charge in [-0.3, -0.25) is 4.79 Å². The van der Waals surface area contributed by atoms with Gasteiger partial charge < -0.3 is 15.4 Å². The summed E-state index contributed by atoms with van der Waals surface area (Å²) in [5.74, 6) is -1.13. The number of rotatable bonds is 4. The third kappa shape index (κ3) is 3.74. The molecular formula is C14H18F2N2O2. The molecule has 2 rings (SSSR count). The minimum atomic E-state index is -0.483. The van der Waals surface area contributed by atoms with Crippen molar-refractivity contribution < 1.29 is 18.3 Å². The molecule has 1 heterocycles. The number of carbonyl (C=O) groups excluding carboxylic acids is 1. The predicted molar refractivity (Wildman–Crippen MR) is 70.3 cm³/mol. The van der Waals surface area contributed by atoms with Gasteiger partial charge in [-0.15, -0.1) is 0 Å². The van der Waals surface area contributed by atoms with Gasteiger partial charge in [0.2, 0.25) is 5.91 Å². The number of benzene rings is 1. The number of hydrogen-bond acceptors (Lipinski definition) is 3. The Kier molecular flexibility index (Phi) is 5.03. The number of carbonyl (C=O) groups is 1.